The van der Waals surface area contributed by atoms with E-state index in [1.54, 1.807) is 12.1 Å². The first-order chi connectivity index (χ1) is 14.6. The Kier molecular flexibility index (Phi) is 5.17. The highest BCUT2D eigenvalue weighted by Crippen LogP contribution is 2.45. The first-order valence-corrected chi connectivity index (χ1v) is 9.00. The summed E-state index contributed by atoms with van der Waals surface area (Å²) in [7, 11) is 2.82. The summed E-state index contributed by atoms with van der Waals surface area (Å²) in [4.78, 5) is 12.9. The third-order valence-corrected chi connectivity index (χ3v) is 4.58. The van der Waals surface area contributed by atoms with Crippen LogP contribution >= 0.6 is 0 Å². The highest BCUT2D eigenvalue weighted by Gasteiger charge is 2.26. The van der Waals surface area contributed by atoms with Crippen LogP contribution in [0.25, 0.3) is 17.0 Å². The predicted molar refractivity (Wildman–Crippen MR) is 108 cm³/mol. The number of H-pyrrole nitrogens is 1. The summed E-state index contributed by atoms with van der Waals surface area (Å²) in [6.45, 7) is 0. The van der Waals surface area contributed by atoms with Crippen molar-refractivity contribution in [1.29, 1.82) is 0 Å². The number of furan rings is 1. The summed E-state index contributed by atoms with van der Waals surface area (Å²) in [6, 6.07) is 9.23. The highest BCUT2D eigenvalue weighted by molar-refractivity contribution is 6.15. The smallest absolute Gasteiger partial charge is 0.205 e. The molecule has 0 saturated heterocycles. The van der Waals surface area contributed by atoms with Crippen LogP contribution in [0.2, 0.25) is 0 Å². The molecule has 2 N–H and O–H groups in total. The third-order valence-electron chi connectivity index (χ3n) is 4.58. The van der Waals surface area contributed by atoms with E-state index in [0.717, 1.165) is 11.1 Å². The summed E-state index contributed by atoms with van der Waals surface area (Å²) in [5.41, 5.74) is 2.08. The number of rotatable bonds is 7. The van der Waals surface area contributed by atoms with Gasteiger partial charge in [-0.25, -0.2) is 0 Å². The number of hydrogen-bond donors (Lipinski definition) is 2. The molecule has 4 aromatic rings. The van der Waals surface area contributed by atoms with Crippen LogP contribution in [0.1, 0.15) is 27.3 Å². The van der Waals surface area contributed by atoms with Gasteiger partial charge in [0.15, 0.2) is 22.9 Å². The summed E-state index contributed by atoms with van der Waals surface area (Å²) >= 11 is 0. The number of tetrazole rings is 1. The number of aromatic nitrogens is 4. The Morgan fingerprint density at radius 1 is 1.23 bits per heavy atom. The molecule has 0 saturated carbocycles. The molecule has 0 radical (unpaired) electrons. The van der Waals surface area contributed by atoms with Crippen molar-refractivity contribution in [3.8, 4) is 17.2 Å². The van der Waals surface area contributed by atoms with Crippen molar-refractivity contribution in [2.45, 2.75) is 6.42 Å². The van der Waals surface area contributed by atoms with Gasteiger partial charge in [0.1, 0.15) is 11.3 Å². The van der Waals surface area contributed by atoms with Crippen LogP contribution in [0.4, 0.5) is 0 Å². The monoisotopic (exact) mass is 406 g/mol. The molecule has 4 rings (SSSR count). The SMILES string of the molecule is COc1c(C(=O)/C=C/c2cccc(Cc3nn[nH]n3)c2)c(O)c(OC)c2occc12. The van der Waals surface area contributed by atoms with Crippen LogP contribution in [0.5, 0.6) is 17.2 Å². The lowest BCUT2D eigenvalue weighted by Gasteiger charge is -2.13. The van der Waals surface area contributed by atoms with E-state index in [4.69, 9.17) is 13.9 Å². The Hall–Kier alpha value is -4.14. The Balaban J connectivity index is 1.66. The summed E-state index contributed by atoms with van der Waals surface area (Å²) < 4.78 is 16.0. The molecule has 9 nitrogen and oxygen atoms in total. The van der Waals surface area contributed by atoms with Crippen molar-refractivity contribution < 1.29 is 23.8 Å². The maximum absolute atomic E-state index is 12.9. The van der Waals surface area contributed by atoms with E-state index < -0.39 is 5.78 Å². The van der Waals surface area contributed by atoms with Crippen LogP contribution in [0, 0.1) is 0 Å². The van der Waals surface area contributed by atoms with Crippen molar-refractivity contribution in [1.82, 2.24) is 20.6 Å². The number of phenolic OH excluding ortho intramolecular Hbond substituents is 1. The van der Waals surface area contributed by atoms with Gasteiger partial charge in [0.05, 0.1) is 25.9 Å². The van der Waals surface area contributed by atoms with Gasteiger partial charge in [0, 0.05) is 6.42 Å². The largest absolute Gasteiger partial charge is 0.504 e. The third kappa shape index (κ3) is 3.48. The van der Waals surface area contributed by atoms with Crippen molar-refractivity contribution in [2.24, 2.45) is 0 Å². The zero-order valence-corrected chi connectivity index (χ0v) is 16.2. The van der Waals surface area contributed by atoms with Gasteiger partial charge in [-0.2, -0.15) is 5.21 Å². The zero-order chi connectivity index (χ0) is 21.1. The fourth-order valence-corrected chi connectivity index (χ4v) is 3.26. The first kappa shape index (κ1) is 19.2. The number of methoxy groups -OCH3 is 2. The van der Waals surface area contributed by atoms with Crippen molar-refractivity contribution in [3.05, 3.63) is 65.2 Å². The Labute approximate surface area is 170 Å². The van der Waals surface area contributed by atoms with Crippen LogP contribution in [0.3, 0.4) is 0 Å². The van der Waals surface area contributed by atoms with Gasteiger partial charge in [0.25, 0.3) is 0 Å². The average molecular weight is 406 g/mol. The molecule has 0 fully saturated rings. The second-order valence-corrected chi connectivity index (χ2v) is 6.40. The van der Waals surface area contributed by atoms with Gasteiger partial charge < -0.3 is 19.0 Å². The van der Waals surface area contributed by atoms with E-state index in [9.17, 15) is 9.90 Å². The number of carbonyl (C=O) groups is 1. The molecular weight excluding hydrogens is 388 g/mol. The zero-order valence-electron chi connectivity index (χ0n) is 16.2. The molecule has 0 spiro atoms. The second-order valence-electron chi connectivity index (χ2n) is 6.40. The molecule has 9 heteroatoms. The molecule has 0 amide bonds. The summed E-state index contributed by atoms with van der Waals surface area (Å²) in [5.74, 6) is 0.0984. The number of nitrogens with one attached hydrogen (secondary N) is 1. The van der Waals surface area contributed by atoms with Gasteiger partial charge in [-0.1, -0.05) is 35.6 Å². The highest BCUT2D eigenvalue weighted by atomic mass is 16.5. The van der Waals surface area contributed by atoms with Gasteiger partial charge >= 0.3 is 0 Å². The van der Waals surface area contributed by atoms with E-state index in [0.29, 0.717) is 23.2 Å². The molecule has 0 aliphatic rings. The lowest BCUT2D eigenvalue weighted by atomic mass is 10.0. The van der Waals surface area contributed by atoms with E-state index in [1.165, 1.54) is 26.6 Å². The van der Waals surface area contributed by atoms with E-state index in [-0.39, 0.29) is 22.8 Å². The molecular formula is C21H18N4O5. The second kappa shape index (κ2) is 8.08. The molecule has 30 heavy (non-hydrogen) atoms. The molecule has 2 aromatic heterocycles. The van der Waals surface area contributed by atoms with Gasteiger partial charge in [-0.3, -0.25) is 4.79 Å². The molecule has 2 heterocycles. The standard InChI is InChI=1S/C21H18N4O5/c1-28-19-14-8-9-30-20(14)21(29-2)18(27)17(19)15(26)7-6-12-4-3-5-13(10-12)11-16-22-24-25-23-16/h3-10,27H,11H2,1-2H3,(H,22,23,24,25)/b7-6+. The molecule has 152 valence electrons. The van der Waals surface area contributed by atoms with Crippen molar-refractivity contribution in [2.75, 3.05) is 14.2 Å². The summed E-state index contributed by atoms with van der Waals surface area (Å²) in [6.07, 6.45) is 4.98. The van der Waals surface area contributed by atoms with E-state index in [1.807, 2.05) is 24.3 Å². The van der Waals surface area contributed by atoms with Crippen LogP contribution in [-0.4, -0.2) is 45.7 Å². The Morgan fingerprint density at radius 3 is 2.80 bits per heavy atom. The molecule has 0 unspecified atom stereocenters. The van der Waals surface area contributed by atoms with Gasteiger partial charge in [0.2, 0.25) is 5.75 Å². The Bertz CT molecular complexity index is 1230. The fraction of sp³-hybridized carbons (Fsp3) is 0.143. The molecule has 0 aliphatic carbocycles. The van der Waals surface area contributed by atoms with E-state index in [2.05, 4.69) is 20.6 Å². The number of allylic oxidation sites excluding steroid dienone is 1. The predicted octanol–water partition coefficient (Wildman–Crippen LogP) is 3.16. The van der Waals surface area contributed by atoms with Crippen LogP contribution in [-0.2, 0) is 6.42 Å². The minimum Gasteiger partial charge on any atom is -0.504 e. The first-order valence-electron chi connectivity index (χ1n) is 9.00. The normalized spacial score (nSPS) is 11.3. The minimum absolute atomic E-state index is 0.00227. The quantitative estimate of drug-likeness (QED) is 0.354. The number of aromatic amines is 1. The van der Waals surface area contributed by atoms with Crippen molar-refractivity contribution in [3.63, 3.8) is 0 Å². The molecule has 2 aromatic carbocycles. The van der Waals surface area contributed by atoms with Crippen molar-refractivity contribution >= 4 is 22.8 Å². The maximum Gasteiger partial charge on any atom is 0.205 e. The average Bonchev–Trinajstić information content (AvgIpc) is 3.43. The maximum atomic E-state index is 12.9. The lowest BCUT2D eigenvalue weighted by molar-refractivity contribution is 0.104. The number of hydrogen-bond acceptors (Lipinski definition) is 8. The van der Waals surface area contributed by atoms with E-state index >= 15 is 0 Å². The number of nitrogens with zero attached hydrogens (tertiary/aromatic N) is 3. The number of phenols is 1. The fourth-order valence-electron chi connectivity index (χ4n) is 3.26. The number of fused-ring (bicyclic) bond motifs is 1. The van der Waals surface area contributed by atoms with Crippen LogP contribution in [0.15, 0.2) is 47.1 Å². The number of benzene rings is 2. The molecule has 0 atom stereocenters. The van der Waals surface area contributed by atoms with Gasteiger partial charge in [-0.05, 0) is 23.3 Å². The Morgan fingerprint density at radius 2 is 2.07 bits per heavy atom. The minimum atomic E-state index is -0.436. The lowest BCUT2D eigenvalue weighted by Crippen LogP contribution is -2.02. The molecule has 0 bridgehead atoms. The number of carbonyl (C=O) groups excluding carboxylic acids is 1. The number of aromatic hydroxyl groups is 1. The van der Waals surface area contributed by atoms with Gasteiger partial charge in [-0.15, -0.1) is 10.2 Å². The number of ether oxygens (including phenoxy) is 2. The summed E-state index contributed by atoms with van der Waals surface area (Å²) in [5, 5.41) is 25.0. The molecule has 0 aliphatic heterocycles. The van der Waals surface area contributed by atoms with Crippen LogP contribution < -0.4 is 9.47 Å². The topological polar surface area (TPSA) is 123 Å². The number of ketones is 1.